The fourth-order valence-electron chi connectivity index (χ4n) is 3.08. The maximum atomic E-state index is 12.0. The molecule has 6 nitrogen and oxygen atoms in total. The van der Waals surface area contributed by atoms with E-state index in [0.717, 1.165) is 30.3 Å². The van der Waals surface area contributed by atoms with Gasteiger partial charge in [-0.3, -0.25) is 24.6 Å². The van der Waals surface area contributed by atoms with E-state index in [-0.39, 0.29) is 24.5 Å². The highest BCUT2D eigenvalue weighted by Gasteiger charge is 2.30. The molecule has 0 spiro atoms. The Kier molecular flexibility index (Phi) is 6.63. The van der Waals surface area contributed by atoms with E-state index < -0.39 is 0 Å². The summed E-state index contributed by atoms with van der Waals surface area (Å²) in [6.45, 7) is 0.620. The molecule has 1 aromatic carbocycles. The Labute approximate surface area is 141 Å². The Morgan fingerprint density at radius 3 is 2.79 bits per heavy atom. The van der Waals surface area contributed by atoms with Gasteiger partial charge in [-0.1, -0.05) is 18.2 Å². The van der Waals surface area contributed by atoms with Crippen molar-refractivity contribution in [3.05, 3.63) is 34.9 Å². The fourth-order valence-corrected chi connectivity index (χ4v) is 3.08. The van der Waals surface area contributed by atoms with Crippen LogP contribution in [0.25, 0.3) is 0 Å². The summed E-state index contributed by atoms with van der Waals surface area (Å²) in [4.78, 5) is 36.6. The van der Waals surface area contributed by atoms with Crippen LogP contribution in [0.4, 0.5) is 0 Å². The minimum atomic E-state index is -0.368. The molecule has 1 atom stereocenters. The first-order valence-corrected chi connectivity index (χ1v) is 8.27. The number of carbonyl (C=O) groups excluding carboxylic acids is 3. The van der Waals surface area contributed by atoms with Crippen molar-refractivity contribution >= 4 is 18.1 Å². The number of nitrogens with one attached hydrogen (secondary N) is 1. The van der Waals surface area contributed by atoms with Crippen molar-refractivity contribution in [2.45, 2.75) is 44.7 Å². The standard InChI is InChI=1S/C18H24N2O4/c1-20(16-8-9-17(23)19-18(16)24)11-15-13(5-2-3-10-21)6-4-7-14(15)12-22/h4,6-7,12,16,21H,2-3,5,8-11H2,1H3,(H,19,23,24). The van der Waals surface area contributed by atoms with E-state index in [2.05, 4.69) is 5.32 Å². The minimum Gasteiger partial charge on any atom is -0.396 e. The molecule has 0 bridgehead atoms. The average molecular weight is 332 g/mol. The van der Waals surface area contributed by atoms with Crippen LogP contribution in [0.1, 0.15) is 47.2 Å². The van der Waals surface area contributed by atoms with Crippen LogP contribution in [0.2, 0.25) is 0 Å². The van der Waals surface area contributed by atoms with E-state index in [1.807, 2.05) is 24.1 Å². The second kappa shape index (κ2) is 8.70. The van der Waals surface area contributed by atoms with E-state index >= 15 is 0 Å². The second-order valence-electron chi connectivity index (χ2n) is 6.17. The van der Waals surface area contributed by atoms with E-state index in [9.17, 15) is 14.4 Å². The van der Waals surface area contributed by atoms with Gasteiger partial charge in [0.25, 0.3) is 0 Å². The summed E-state index contributed by atoms with van der Waals surface area (Å²) in [6.07, 6.45) is 4.00. The van der Waals surface area contributed by atoms with Gasteiger partial charge in [0, 0.05) is 25.1 Å². The molecular weight excluding hydrogens is 308 g/mol. The summed E-state index contributed by atoms with van der Waals surface area (Å²) in [6, 6.07) is 5.24. The van der Waals surface area contributed by atoms with Crippen molar-refractivity contribution in [3.8, 4) is 0 Å². The van der Waals surface area contributed by atoms with Crippen molar-refractivity contribution in [1.29, 1.82) is 0 Å². The number of nitrogens with zero attached hydrogens (tertiary/aromatic N) is 1. The van der Waals surface area contributed by atoms with Gasteiger partial charge in [0.15, 0.2) is 0 Å². The number of aliphatic hydroxyl groups excluding tert-OH is 1. The smallest absolute Gasteiger partial charge is 0.243 e. The highest BCUT2D eigenvalue weighted by Crippen LogP contribution is 2.21. The summed E-state index contributed by atoms with van der Waals surface area (Å²) in [5.41, 5.74) is 2.60. The third-order valence-electron chi connectivity index (χ3n) is 4.44. The topological polar surface area (TPSA) is 86.7 Å². The molecule has 2 N–H and O–H groups in total. The molecule has 1 aliphatic rings. The Morgan fingerprint density at radius 1 is 1.33 bits per heavy atom. The molecule has 0 radical (unpaired) electrons. The highest BCUT2D eigenvalue weighted by atomic mass is 16.3. The van der Waals surface area contributed by atoms with Gasteiger partial charge in [0.1, 0.15) is 6.29 Å². The molecule has 2 rings (SSSR count). The molecule has 1 heterocycles. The Bertz CT molecular complexity index is 615. The van der Waals surface area contributed by atoms with Gasteiger partial charge in [-0.2, -0.15) is 0 Å². The second-order valence-corrected chi connectivity index (χ2v) is 6.17. The molecule has 130 valence electrons. The van der Waals surface area contributed by atoms with Gasteiger partial charge < -0.3 is 5.11 Å². The number of carbonyl (C=O) groups is 3. The summed E-state index contributed by atoms with van der Waals surface area (Å²) in [7, 11) is 1.83. The van der Waals surface area contributed by atoms with Crippen LogP contribution in [0.15, 0.2) is 18.2 Å². The largest absolute Gasteiger partial charge is 0.396 e. The molecule has 6 heteroatoms. The van der Waals surface area contributed by atoms with Crippen LogP contribution in [0.5, 0.6) is 0 Å². The Morgan fingerprint density at radius 2 is 2.12 bits per heavy atom. The first kappa shape index (κ1) is 18.3. The number of aliphatic hydroxyl groups is 1. The average Bonchev–Trinajstić information content (AvgIpc) is 2.56. The van der Waals surface area contributed by atoms with Crippen LogP contribution in [-0.4, -0.2) is 47.8 Å². The van der Waals surface area contributed by atoms with Gasteiger partial charge in [0.2, 0.25) is 11.8 Å². The zero-order chi connectivity index (χ0) is 17.5. The van der Waals surface area contributed by atoms with Crippen molar-refractivity contribution in [2.75, 3.05) is 13.7 Å². The molecule has 2 amide bonds. The molecule has 1 fully saturated rings. The number of rotatable bonds is 8. The van der Waals surface area contributed by atoms with E-state index in [1.54, 1.807) is 6.07 Å². The van der Waals surface area contributed by atoms with E-state index in [0.29, 0.717) is 31.4 Å². The molecule has 0 saturated carbocycles. The summed E-state index contributed by atoms with van der Waals surface area (Å²) in [5, 5.41) is 11.3. The number of aryl methyl sites for hydroxylation is 1. The maximum absolute atomic E-state index is 12.0. The lowest BCUT2D eigenvalue weighted by Gasteiger charge is -2.30. The molecule has 0 aliphatic carbocycles. The monoisotopic (exact) mass is 332 g/mol. The molecule has 1 unspecified atom stereocenters. The molecule has 0 aromatic heterocycles. The summed E-state index contributed by atoms with van der Waals surface area (Å²) in [5.74, 6) is -0.512. The van der Waals surface area contributed by atoms with Gasteiger partial charge in [-0.05, 0) is 43.9 Å². The highest BCUT2D eigenvalue weighted by molar-refractivity contribution is 6.00. The number of amides is 2. The quantitative estimate of drug-likeness (QED) is 0.422. The third kappa shape index (κ3) is 4.49. The lowest BCUT2D eigenvalue weighted by Crippen LogP contribution is -2.51. The molecular formula is C18H24N2O4. The van der Waals surface area contributed by atoms with Crippen LogP contribution in [0.3, 0.4) is 0 Å². The van der Waals surface area contributed by atoms with Crippen LogP contribution in [0, 0.1) is 0 Å². The van der Waals surface area contributed by atoms with Crippen LogP contribution >= 0.6 is 0 Å². The van der Waals surface area contributed by atoms with Crippen molar-refractivity contribution in [3.63, 3.8) is 0 Å². The lowest BCUT2D eigenvalue weighted by atomic mass is 9.96. The number of piperidine rings is 1. The number of unbranched alkanes of at least 4 members (excludes halogenated alkanes) is 1. The number of hydrogen-bond donors (Lipinski definition) is 2. The molecule has 1 saturated heterocycles. The van der Waals surface area contributed by atoms with Gasteiger partial charge in [-0.25, -0.2) is 0 Å². The number of benzene rings is 1. The number of hydrogen-bond acceptors (Lipinski definition) is 5. The third-order valence-corrected chi connectivity index (χ3v) is 4.44. The van der Waals surface area contributed by atoms with Gasteiger partial charge in [0.05, 0.1) is 6.04 Å². The molecule has 1 aromatic rings. The van der Waals surface area contributed by atoms with Crippen LogP contribution in [-0.2, 0) is 22.6 Å². The minimum absolute atomic E-state index is 0.152. The van der Waals surface area contributed by atoms with Crippen molar-refractivity contribution in [1.82, 2.24) is 10.2 Å². The molecule has 24 heavy (non-hydrogen) atoms. The van der Waals surface area contributed by atoms with Gasteiger partial charge >= 0.3 is 0 Å². The predicted octanol–water partition coefficient (Wildman–Crippen LogP) is 1.05. The van der Waals surface area contributed by atoms with E-state index in [4.69, 9.17) is 5.11 Å². The predicted molar refractivity (Wildman–Crippen MR) is 89.5 cm³/mol. The van der Waals surface area contributed by atoms with Crippen molar-refractivity contribution < 1.29 is 19.5 Å². The number of likely N-dealkylation sites (N-methyl/N-ethyl adjacent to an activating group) is 1. The first-order chi connectivity index (χ1) is 11.6. The lowest BCUT2D eigenvalue weighted by molar-refractivity contribution is -0.137. The first-order valence-electron chi connectivity index (χ1n) is 8.27. The zero-order valence-electron chi connectivity index (χ0n) is 14.0. The van der Waals surface area contributed by atoms with E-state index in [1.165, 1.54) is 0 Å². The molecule has 1 aliphatic heterocycles. The SMILES string of the molecule is CN(Cc1c(C=O)cccc1CCCCO)C1CCC(=O)NC1=O. The normalized spacial score (nSPS) is 17.9. The Balaban J connectivity index is 2.15. The maximum Gasteiger partial charge on any atom is 0.243 e. The van der Waals surface area contributed by atoms with Crippen LogP contribution < -0.4 is 5.32 Å². The van der Waals surface area contributed by atoms with Gasteiger partial charge in [-0.15, -0.1) is 0 Å². The van der Waals surface area contributed by atoms with Crippen molar-refractivity contribution in [2.24, 2.45) is 0 Å². The Hall–Kier alpha value is -2.05. The number of aldehydes is 1. The summed E-state index contributed by atoms with van der Waals surface area (Å²) < 4.78 is 0. The zero-order valence-corrected chi connectivity index (χ0v) is 14.0. The summed E-state index contributed by atoms with van der Waals surface area (Å²) >= 11 is 0. The number of imide groups is 1. The fraction of sp³-hybridized carbons (Fsp3) is 0.500.